The molecular weight excluding hydrogens is 248 g/mol. The van der Waals surface area contributed by atoms with Gasteiger partial charge in [-0.15, -0.1) is 0 Å². The maximum Gasteiger partial charge on any atom is 0.231 e. The van der Waals surface area contributed by atoms with Crippen molar-refractivity contribution in [2.75, 3.05) is 13.4 Å². The number of hydrogen-bond acceptors (Lipinski definition) is 5. The van der Waals surface area contributed by atoms with Crippen LogP contribution in [0, 0.1) is 0 Å². The molecule has 1 N–H and O–H groups in total. The van der Waals surface area contributed by atoms with Crippen molar-refractivity contribution < 1.29 is 19.3 Å². The molecule has 0 saturated carbocycles. The van der Waals surface area contributed by atoms with Crippen molar-refractivity contribution in [2.24, 2.45) is 0 Å². The zero-order valence-electron chi connectivity index (χ0n) is 10.3. The van der Waals surface area contributed by atoms with Crippen molar-refractivity contribution in [2.45, 2.75) is 13.2 Å². The Morgan fingerprint density at radius 1 is 1.32 bits per heavy atom. The molecule has 1 aromatic carbocycles. The largest absolute Gasteiger partial charge is 0.491 e. The molecule has 19 heavy (non-hydrogen) atoms. The second-order valence-corrected chi connectivity index (χ2v) is 4.12. The van der Waals surface area contributed by atoms with Crippen LogP contribution in [0.2, 0.25) is 0 Å². The van der Waals surface area contributed by atoms with Gasteiger partial charge in [-0.05, 0) is 6.07 Å². The fourth-order valence-corrected chi connectivity index (χ4v) is 1.90. The molecule has 1 aliphatic heterocycles. The molecule has 0 saturated heterocycles. The van der Waals surface area contributed by atoms with Crippen LogP contribution in [0.5, 0.6) is 17.2 Å². The topological polar surface area (TPSA) is 65.7 Å². The number of imidazole rings is 1. The summed E-state index contributed by atoms with van der Waals surface area (Å²) in [7, 11) is 0. The minimum Gasteiger partial charge on any atom is -0.491 e. The van der Waals surface area contributed by atoms with Crippen molar-refractivity contribution in [1.82, 2.24) is 9.55 Å². The summed E-state index contributed by atoms with van der Waals surface area (Å²) in [5.41, 5.74) is 0.690. The maximum atomic E-state index is 9.34. The second kappa shape index (κ2) is 5.19. The number of ether oxygens (including phenoxy) is 3. The number of aliphatic hydroxyl groups excluding tert-OH is 1. The van der Waals surface area contributed by atoms with Crippen molar-refractivity contribution in [3.63, 3.8) is 0 Å². The van der Waals surface area contributed by atoms with Crippen molar-refractivity contribution >= 4 is 0 Å². The Bertz CT molecular complexity index is 554. The molecule has 0 unspecified atom stereocenters. The summed E-state index contributed by atoms with van der Waals surface area (Å²) in [4.78, 5) is 3.96. The van der Waals surface area contributed by atoms with E-state index in [0.717, 1.165) is 0 Å². The zero-order valence-corrected chi connectivity index (χ0v) is 10.3. The van der Waals surface area contributed by atoms with Gasteiger partial charge in [-0.25, -0.2) is 4.98 Å². The van der Waals surface area contributed by atoms with Gasteiger partial charge < -0.3 is 23.9 Å². The molecule has 0 bridgehead atoms. The molecule has 0 amide bonds. The van der Waals surface area contributed by atoms with E-state index in [4.69, 9.17) is 14.2 Å². The van der Waals surface area contributed by atoms with Crippen LogP contribution in [0.1, 0.15) is 5.56 Å². The molecule has 0 spiro atoms. The number of rotatable bonds is 5. The summed E-state index contributed by atoms with van der Waals surface area (Å²) < 4.78 is 18.2. The molecule has 100 valence electrons. The predicted octanol–water partition coefficient (Wildman–Crippen LogP) is 1.18. The average molecular weight is 262 g/mol. The number of benzene rings is 1. The highest BCUT2D eigenvalue weighted by Crippen LogP contribution is 2.38. The van der Waals surface area contributed by atoms with Crippen LogP contribution in [0.15, 0.2) is 30.9 Å². The molecule has 1 aromatic heterocycles. The fraction of sp³-hybridized carbons (Fsp3) is 0.308. The summed E-state index contributed by atoms with van der Waals surface area (Å²) >= 11 is 0. The lowest BCUT2D eigenvalue weighted by Gasteiger charge is -2.11. The van der Waals surface area contributed by atoms with Gasteiger partial charge in [0.15, 0.2) is 11.5 Å². The first-order chi connectivity index (χ1) is 9.36. The minimum atomic E-state index is -0.100. The van der Waals surface area contributed by atoms with E-state index >= 15 is 0 Å². The number of nitrogens with zero attached hydrogens (tertiary/aromatic N) is 2. The predicted molar refractivity (Wildman–Crippen MR) is 66.2 cm³/mol. The Balaban J connectivity index is 1.69. The van der Waals surface area contributed by atoms with E-state index in [1.807, 2.05) is 10.8 Å². The molecule has 3 rings (SSSR count). The highest BCUT2D eigenvalue weighted by molar-refractivity contribution is 5.51. The smallest absolute Gasteiger partial charge is 0.231 e. The molecule has 0 radical (unpaired) electrons. The van der Waals surface area contributed by atoms with Gasteiger partial charge in [-0.2, -0.15) is 0 Å². The molecule has 0 atom stereocenters. The quantitative estimate of drug-likeness (QED) is 0.876. The fourth-order valence-electron chi connectivity index (χ4n) is 1.90. The van der Waals surface area contributed by atoms with Crippen LogP contribution in [0.3, 0.4) is 0 Å². The van der Waals surface area contributed by atoms with E-state index in [0.29, 0.717) is 36.0 Å². The standard InChI is InChI=1S/C13H14N2O4/c16-7-10-5-12-13(19-9-18-12)6-11(10)17-4-3-15-2-1-14-8-15/h1-2,5-6,8,16H,3-4,7,9H2. The van der Waals surface area contributed by atoms with Gasteiger partial charge in [0.25, 0.3) is 0 Å². The lowest BCUT2D eigenvalue weighted by Crippen LogP contribution is -2.07. The van der Waals surface area contributed by atoms with Crippen LogP contribution >= 0.6 is 0 Å². The number of aliphatic hydroxyl groups is 1. The molecule has 6 heteroatoms. The highest BCUT2D eigenvalue weighted by atomic mass is 16.7. The third-order valence-corrected chi connectivity index (χ3v) is 2.89. The van der Waals surface area contributed by atoms with E-state index in [1.54, 1.807) is 24.7 Å². The van der Waals surface area contributed by atoms with Gasteiger partial charge in [-0.3, -0.25) is 0 Å². The molecular formula is C13H14N2O4. The van der Waals surface area contributed by atoms with E-state index in [2.05, 4.69) is 4.98 Å². The Morgan fingerprint density at radius 2 is 2.16 bits per heavy atom. The summed E-state index contributed by atoms with van der Waals surface area (Å²) in [5, 5.41) is 9.34. The van der Waals surface area contributed by atoms with Gasteiger partial charge in [0, 0.05) is 24.0 Å². The van der Waals surface area contributed by atoms with Gasteiger partial charge in [0.1, 0.15) is 12.4 Å². The molecule has 2 aromatic rings. The summed E-state index contributed by atoms with van der Waals surface area (Å²) in [6.07, 6.45) is 5.33. The third kappa shape index (κ3) is 2.48. The molecule has 6 nitrogen and oxygen atoms in total. The number of hydrogen-bond donors (Lipinski definition) is 1. The SMILES string of the molecule is OCc1cc2c(cc1OCCn1ccnc1)OCO2. The average Bonchev–Trinajstić information content (AvgIpc) is 3.08. The molecule has 0 aliphatic carbocycles. The van der Waals surface area contributed by atoms with Crippen LogP contribution in [0.25, 0.3) is 0 Å². The van der Waals surface area contributed by atoms with E-state index < -0.39 is 0 Å². The monoisotopic (exact) mass is 262 g/mol. The van der Waals surface area contributed by atoms with E-state index in [-0.39, 0.29) is 13.4 Å². The van der Waals surface area contributed by atoms with Crippen LogP contribution < -0.4 is 14.2 Å². The van der Waals surface area contributed by atoms with Gasteiger partial charge in [-0.1, -0.05) is 0 Å². The van der Waals surface area contributed by atoms with Crippen molar-refractivity contribution in [3.8, 4) is 17.2 Å². The first-order valence-electron chi connectivity index (χ1n) is 5.99. The van der Waals surface area contributed by atoms with E-state index in [1.165, 1.54) is 0 Å². The second-order valence-electron chi connectivity index (χ2n) is 4.12. The Kier molecular flexibility index (Phi) is 3.24. The molecule has 0 fully saturated rings. The molecule has 2 heterocycles. The van der Waals surface area contributed by atoms with Crippen LogP contribution in [-0.4, -0.2) is 28.1 Å². The Hall–Kier alpha value is -2.21. The highest BCUT2D eigenvalue weighted by Gasteiger charge is 2.17. The van der Waals surface area contributed by atoms with Gasteiger partial charge >= 0.3 is 0 Å². The van der Waals surface area contributed by atoms with E-state index in [9.17, 15) is 5.11 Å². The van der Waals surface area contributed by atoms with Gasteiger partial charge in [0.05, 0.1) is 19.5 Å². The maximum absolute atomic E-state index is 9.34. The summed E-state index contributed by atoms with van der Waals surface area (Å²) in [6, 6.07) is 3.50. The normalized spacial score (nSPS) is 12.7. The number of aromatic nitrogens is 2. The zero-order chi connectivity index (χ0) is 13.1. The molecule has 1 aliphatic rings. The lowest BCUT2D eigenvalue weighted by atomic mass is 10.2. The first-order valence-corrected chi connectivity index (χ1v) is 5.99. The number of fused-ring (bicyclic) bond motifs is 1. The van der Waals surface area contributed by atoms with Crippen LogP contribution in [-0.2, 0) is 13.2 Å². The summed E-state index contributed by atoms with van der Waals surface area (Å²) in [5.74, 6) is 1.91. The van der Waals surface area contributed by atoms with Crippen molar-refractivity contribution in [3.05, 3.63) is 36.4 Å². The third-order valence-electron chi connectivity index (χ3n) is 2.89. The first kappa shape index (κ1) is 11.9. The Labute approximate surface area is 110 Å². The van der Waals surface area contributed by atoms with Crippen LogP contribution in [0.4, 0.5) is 0 Å². The lowest BCUT2D eigenvalue weighted by molar-refractivity contribution is 0.173. The minimum absolute atomic E-state index is 0.100. The Morgan fingerprint density at radius 3 is 2.89 bits per heavy atom. The summed E-state index contributed by atoms with van der Waals surface area (Å²) in [6.45, 7) is 1.29. The van der Waals surface area contributed by atoms with Gasteiger partial charge in [0.2, 0.25) is 6.79 Å². The van der Waals surface area contributed by atoms with Crippen molar-refractivity contribution in [1.29, 1.82) is 0 Å².